The van der Waals surface area contributed by atoms with Crippen molar-refractivity contribution in [3.63, 3.8) is 0 Å². The highest BCUT2D eigenvalue weighted by atomic mass is 31.2. The van der Waals surface area contributed by atoms with Gasteiger partial charge in [-0.05, 0) is 19.3 Å². The van der Waals surface area contributed by atoms with Crippen LogP contribution in [0.25, 0.3) is 0 Å². The molecule has 0 aliphatic carbocycles. The number of carbonyl (C=O) groups excluding carboxylic acids is 2. The van der Waals surface area contributed by atoms with Crippen LogP contribution in [0, 0.1) is 0 Å². The van der Waals surface area contributed by atoms with Crippen molar-refractivity contribution in [1.29, 1.82) is 0 Å². The van der Waals surface area contributed by atoms with Crippen LogP contribution in [0.3, 0.4) is 0 Å². The average Bonchev–Trinajstić information content (AvgIpc) is 3.22. The number of phosphoric ester groups is 1. The smallest absolute Gasteiger partial charge is 0.462 e. The Morgan fingerprint density at radius 3 is 1.08 bits per heavy atom. The maximum Gasteiger partial charge on any atom is 0.469 e. The van der Waals surface area contributed by atoms with E-state index in [0.717, 1.165) is 32.1 Å². The minimum Gasteiger partial charge on any atom is -0.462 e. The Labute approximate surface area is 371 Å². The monoisotopic (exact) mass is 878 g/mol. The third-order valence-electron chi connectivity index (χ3n) is 11.0. The zero-order chi connectivity index (χ0) is 44.5. The summed E-state index contributed by atoms with van der Waals surface area (Å²) in [6.45, 7) is 7.88. The molecule has 1 atom stereocenters. The quantitative estimate of drug-likeness (QED) is 0.0306. The maximum absolute atomic E-state index is 12.7. The summed E-state index contributed by atoms with van der Waals surface area (Å²) in [4.78, 5) is 41.2. The van der Waals surface area contributed by atoms with Crippen LogP contribution in [0.15, 0.2) is 0 Å². The predicted molar refractivity (Wildman–Crippen MR) is 251 cm³/mol. The topological polar surface area (TPSA) is 155 Å². The Kier molecular flexibility index (Phi) is 51.5. The molecule has 0 aliphatic heterocycles. The highest BCUT2D eigenvalue weighted by molar-refractivity contribution is 7.46. The van der Waals surface area contributed by atoms with Gasteiger partial charge in [-0.2, -0.15) is 0 Å². The molecule has 0 unspecified atom stereocenters. The summed E-state index contributed by atoms with van der Waals surface area (Å²) >= 11 is 0. The predicted octanol–water partition coefficient (Wildman–Crippen LogP) is 14.4. The van der Waals surface area contributed by atoms with E-state index in [4.69, 9.17) is 29.7 Å². The lowest BCUT2D eigenvalue weighted by Gasteiger charge is -2.18. The van der Waals surface area contributed by atoms with Crippen LogP contribution in [0.2, 0.25) is 0 Å². The van der Waals surface area contributed by atoms with Crippen molar-refractivity contribution < 1.29 is 42.7 Å². The second-order valence-corrected chi connectivity index (χ2v) is 18.4. The molecule has 0 bridgehead atoms. The molecule has 0 amide bonds. The van der Waals surface area contributed by atoms with Crippen LogP contribution in [0.1, 0.15) is 265 Å². The first-order chi connectivity index (χ1) is 29.2. The van der Waals surface area contributed by atoms with Gasteiger partial charge in [0.25, 0.3) is 0 Å². The molecule has 0 saturated heterocycles. The molecule has 360 valence electrons. The first kappa shape index (κ1) is 61.1. The van der Waals surface area contributed by atoms with Crippen LogP contribution in [-0.2, 0) is 32.9 Å². The summed E-state index contributed by atoms with van der Waals surface area (Å²) in [5, 5.41) is 0. The number of nitrogens with two attached hydrogens (primary N) is 1. The highest BCUT2D eigenvalue weighted by Crippen LogP contribution is 2.35. The van der Waals surface area contributed by atoms with Crippen molar-refractivity contribution in [2.45, 2.75) is 271 Å². The molecule has 0 radical (unpaired) electrons. The van der Waals surface area contributed by atoms with Crippen molar-refractivity contribution in [3.05, 3.63) is 0 Å². The standard InChI is InChI=1S/C47H92O5.C2H8NO4P/c1-4-7-10-13-16-19-22-24-26-28-31-34-37-40-46(48)51-44-45(43-50-42-39-36-33-30-21-18-15-12-9-6-3)52-47(49)41-38-35-32-29-27-25-23-20-17-14-11-8-5-2;3-1-2-7-8(4,5)6/h45H,4-44H2,1-3H3;1-3H2,(H2,4,5,6)/t45-;/m0./s1. The minimum atomic E-state index is -4.26. The van der Waals surface area contributed by atoms with Gasteiger partial charge >= 0.3 is 19.8 Å². The molecular weight excluding hydrogens is 778 g/mol. The molecule has 0 rings (SSSR count). The Balaban J connectivity index is 0. The van der Waals surface area contributed by atoms with E-state index in [1.54, 1.807) is 0 Å². The van der Waals surface area contributed by atoms with E-state index in [0.29, 0.717) is 26.1 Å². The Morgan fingerprint density at radius 1 is 0.450 bits per heavy atom. The van der Waals surface area contributed by atoms with E-state index in [2.05, 4.69) is 25.3 Å². The number of esters is 2. The number of unbranched alkanes of at least 4 members (excludes halogenated alkanes) is 33. The molecule has 0 aliphatic rings. The SMILES string of the molecule is CCCCCCCCCCCCCCCC(=O)OC[C@H](COCCCCCCCCCCCC)OC(=O)CCCCCCCCCCCCCCC.NCCOP(=O)(O)O. The lowest BCUT2D eigenvalue weighted by molar-refractivity contribution is -0.163. The van der Waals surface area contributed by atoms with Gasteiger partial charge in [-0.3, -0.25) is 14.1 Å². The first-order valence-corrected chi connectivity index (χ1v) is 27.1. The number of phosphoric acid groups is 1. The van der Waals surface area contributed by atoms with Gasteiger partial charge in [0.15, 0.2) is 6.10 Å². The van der Waals surface area contributed by atoms with E-state index in [1.165, 1.54) is 199 Å². The van der Waals surface area contributed by atoms with Gasteiger partial charge in [0.2, 0.25) is 0 Å². The normalized spacial score (nSPS) is 12.0. The summed E-state index contributed by atoms with van der Waals surface area (Å²) in [5.41, 5.74) is 4.87. The molecule has 60 heavy (non-hydrogen) atoms. The molecule has 0 spiro atoms. The van der Waals surface area contributed by atoms with Crippen LogP contribution in [-0.4, -0.2) is 60.8 Å². The van der Waals surface area contributed by atoms with E-state index >= 15 is 0 Å². The molecule has 10 nitrogen and oxygen atoms in total. The van der Waals surface area contributed by atoms with E-state index in [1.807, 2.05) is 0 Å². The number of ether oxygens (including phenoxy) is 3. The number of hydrogen-bond donors (Lipinski definition) is 3. The summed E-state index contributed by atoms with van der Waals surface area (Å²) in [7, 11) is -4.26. The summed E-state index contributed by atoms with van der Waals surface area (Å²) in [6, 6.07) is 0. The molecular formula is C49H100NO9P. The fourth-order valence-corrected chi connectivity index (χ4v) is 7.61. The van der Waals surface area contributed by atoms with E-state index in [9.17, 15) is 14.2 Å². The second kappa shape index (κ2) is 50.6. The molecule has 11 heteroatoms. The molecule has 0 saturated carbocycles. The Bertz CT molecular complexity index is 919. The lowest BCUT2D eigenvalue weighted by Crippen LogP contribution is -2.30. The Morgan fingerprint density at radius 2 is 0.767 bits per heavy atom. The summed E-state index contributed by atoms with van der Waals surface area (Å²) in [5.74, 6) is -0.376. The third-order valence-corrected chi connectivity index (χ3v) is 11.5. The zero-order valence-electron chi connectivity index (χ0n) is 39.8. The first-order valence-electron chi connectivity index (χ1n) is 25.5. The fraction of sp³-hybridized carbons (Fsp3) is 0.959. The second-order valence-electron chi connectivity index (χ2n) is 17.1. The van der Waals surface area contributed by atoms with Crippen molar-refractivity contribution in [2.75, 3.05) is 33.0 Å². The Hall–Kier alpha value is -1.03. The fourth-order valence-electron chi connectivity index (χ4n) is 7.27. The van der Waals surface area contributed by atoms with Gasteiger partial charge in [0.05, 0.1) is 13.2 Å². The van der Waals surface area contributed by atoms with Crippen molar-refractivity contribution >= 4 is 19.8 Å². The molecule has 0 heterocycles. The third kappa shape index (κ3) is 55.0. The lowest BCUT2D eigenvalue weighted by atomic mass is 10.0. The van der Waals surface area contributed by atoms with Crippen molar-refractivity contribution in [2.24, 2.45) is 5.73 Å². The van der Waals surface area contributed by atoms with Gasteiger partial charge in [0.1, 0.15) is 6.61 Å². The minimum absolute atomic E-state index is 0.0969. The number of hydrogen-bond acceptors (Lipinski definition) is 8. The van der Waals surface area contributed by atoms with Crippen LogP contribution in [0.5, 0.6) is 0 Å². The molecule has 0 aromatic rings. The largest absolute Gasteiger partial charge is 0.469 e. The molecule has 4 N–H and O–H groups in total. The molecule has 0 fully saturated rings. The average molecular weight is 878 g/mol. The van der Waals surface area contributed by atoms with Gasteiger partial charge in [-0.25, -0.2) is 4.57 Å². The molecule has 0 aromatic heterocycles. The van der Waals surface area contributed by atoms with Gasteiger partial charge in [-0.15, -0.1) is 0 Å². The van der Waals surface area contributed by atoms with Crippen LogP contribution in [0.4, 0.5) is 0 Å². The zero-order valence-corrected chi connectivity index (χ0v) is 40.7. The summed E-state index contributed by atoms with van der Waals surface area (Å²) in [6.07, 6.45) is 46.6. The van der Waals surface area contributed by atoms with Gasteiger partial charge < -0.3 is 29.7 Å². The van der Waals surface area contributed by atoms with Crippen LogP contribution < -0.4 is 5.73 Å². The van der Waals surface area contributed by atoms with E-state index in [-0.39, 0.29) is 31.7 Å². The number of carbonyl (C=O) groups is 2. The summed E-state index contributed by atoms with van der Waals surface area (Å²) < 4.78 is 31.0. The number of rotatable bonds is 47. The van der Waals surface area contributed by atoms with Crippen molar-refractivity contribution in [1.82, 2.24) is 0 Å². The van der Waals surface area contributed by atoms with Crippen LogP contribution >= 0.6 is 7.82 Å². The van der Waals surface area contributed by atoms with Crippen molar-refractivity contribution in [3.8, 4) is 0 Å². The molecule has 0 aromatic carbocycles. The van der Waals surface area contributed by atoms with Gasteiger partial charge in [-0.1, -0.05) is 233 Å². The van der Waals surface area contributed by atoms with Gasteiger partial charge in [0, 0.05) is 26.0 Å². The maximum atomic E-state index is 12.7. The van der Waals surface area contributed by atoms with E-state index < -0.39 is 13.9 Å². The highest BCUT2D eigenvalue weighted by Gasteiger charge is 2.18.